The molecule has 0 radical (unpaired) electrons. The molecule has 6 nitrogen and oxygen atoms in total. The lowest BCUT2D eigenvalue weighted by molar-refractivity contribution is -0.140. The molecular formula is C13H17NO5S. The van der Waals surface area contributed by atoms with Crippen molar-refractivity contribution in [2.45, 2.75) is 36.8 Å². The van der Waals surface area contributed by atoms with Crippen LogP contribution in [0.2, 0.25) is 0 Å². The van der Waals surface area contributed by atoms with Crippen LogP contribution in [0, 0.1) is 0 Å². The Kier molecular flexibility index (Phi) is 4.12. The van der Waals surface area contributed by atoms with Gasteiger partial charge in [0.25, 0.3) is 0 Å². The predicted molar refractivity (Wildman–Crippen MR) is 71.8 cm³/mol. The molecule has 7 heteroatoms. The molecule has 2 rings (SSSR count). The predicted octanol–water partition coefficient (Wildman–Crippen LogP) is 0.457. The van der Waals surface area contributed by atoms with Gasteiger partial charge in [0.2, 0.25) is 10.0 Å². The number of hydrogen-bond acceptors (Lipinski definition) is 4. The molecule has 0 spiro atoms. The first-order chi connectivity index (χ1) is 9.36. The van der Waals surface area contributed by atoms with E-state index in [1.165, 1.54) is 12.1 Å². The fraction of sp³-hybridized carbons (Fsp3) is 0.462. The van der Waals surface area contributed by atoms with E-state index in [-0.39, 0.29) is 17.9 Å². The summed E-state index contributed by atoms with van der Waals surface area (Å²) in [5, 5.41) is 18.6. The first-order valence-electron chi connectivity index (χ1n) is 6.38. The van der Waals surface area contributed by atoms with Crippen LogP contribution in [-0.2, 0) is 21.2 Å². The number of carbonyl (C=O) groups is 1. The van der Waals surface area contributed by atoms with Gasteiger partial charge in [0.05, 0.1) is 11.0 Å². The van der Waals surface area contributed by atoms with E-state index in [4.69, 9.17) is 5.11 Å². The molecule has 0 aliphatic carbocycles. The van der Waals surface area contributed by atoms with Crippen molar-refractivity contribution in [2.75, 3.05) is 6.54 Å². The van der Waals surface area contributed by atoms with E-state index >= 15 is 0 Å². The van der Waals surface area contributed by atoms with Crippen molar-refractivity contribution in [3.63, 3.8) is 0 Å². The number of sulfonamides is 1. The minimum absolute atomic E-state index is 0.0510. The summed E-state index contributed by atoms with van der Waals surface area (Å²) in [5.41, 5.74) is 1.00. The van der Waals surface area contributed by atoms with Crippen LogP contribution in [0.1, 0.15) is 18.9 Å². The number of hydrogen-bond donors (Lipinski definition) is 2. The Morgan fingerprint density at radius 3 is 2.45 bits per heavy atom. The minimum Gasteiger partial charge on any atom is -0.480 e. The molecular weight excluding hydrogens is 282 g/mol. The molecule has 1 unspecified atom stereocenters. The molecule has 1 heterocycles. The van der Waals surface area contributed by atoms with E-state index < -0.39 is 28.1 Å². The topological polar surface area (TPSA) is 94.9 Å². The number of aliphatic carboxylic acids is 1. The lowest BCUT2D eigenvalue weighted by Gasteiger charge is -2.20. The van der Waals surface area contributed by atoms with Crippen LogP contribution in [0.5, 0.6) is 0 Å². The van der Waals surface area contributed by atoms with E-state index in [1.807, 2.05) is 6.92 Å². The summed E-state index contributed by atoms with van der Waals surface area (Å²) in [6.07, 6.45) is -0.233. The summed E-state index contributed by atoms with van der Waals surface area (Å²) in [6, 6.07) is 5.14. The third-order valence-corrected chi connectivity index (χ3v) is 5.35. The van der Waals surface area contributed by atoms with Crippen LogP contribution in [0.4, 0.5) is 0 Å². The third kappa shape index (κ3) is 2.70. The molecule has 1 aromatic rings. The maximum Gasteiger partial charge on any atom is 0.322 e. The van der Waals surface area contributed by atoms with Crippen LogP contribution < -0.4 is 0 Å². The molecule has 0 saturated carbocycles. The van der Waals surface area contributed by atoms with Gasteiger partial charge in [-0.05, 0) is 24.1 Å². The van der Waals surface area contributed by atoms with Crippen molar-refractivity contribution in [2.24, 2.45) is 0 Å². The highest BCUT2D eigenvalue weighted by Crippen LogP contribution is 2.26. The van der Waals surface area contributed by atoms with Crippen LogP contribution in [0.25, 0.3) is 0 Å². The van der Waals surface area contributed by atoms with Gasteiger partial charge in [0.1, 0.15) is 6.04 Å². The van der Waals surface area contributed by atoms with E-state index in [2.05, 4.69) is 0 Å². The second-order valence-electron chi connectivity index (χ2n) is 4.82. The molecule has 2 N–H and O–H groups in total. The van der Waals surface area contributed by atoms with E-state index in [0.29, 0.717) is 0 Å². The molecule has 0 aromatic heterocycles. The van der Waals surface area contributed by atoms with Gasteiger partial charge in [-0.25, -0.2) is 8.42 Å². The van der Waals surface area contributed by atoms with Gasteiger partial charge >= 0.3 is 5.97 Å². The zero-order chi connectivity index (χ0) is 14.9. The molecule has 20 heavy (non-hydrogen) atoms. The molecule has 0 bridgehead atoms. The number of β-amino-alcohol motifs (C(OH)–C–C–N with tert-alkyl or cyclic N) is 1. The highest BCUT2D eigenvalue weighted by Gasteiger charge is 2.43. The number of rotatable bonds is 4. The Labute approximate surface area is 117 Å². The molecule has 1 aliphatic rings. The van der Waals surface area contributed by atoms with Crippen molar-refractivity contribution in [3.05, 3.63) is 29.8 Å². The quantitative estimate of drug-likeness (QED) is 0.842. The SMILES string of the molecule is CCc1ccc(S(=O)(=O)N2CC(O)C[C@H]2C(=O)O)cc1. The number of carboxylic acids is 1. The monoisotopic (exact) mass is 299 g/mol. The second kappa shape index (κ2) is 5.51. The standard InChI is InChI=1S/C13H17NO5S/c1-2-9-3-5-11(6-4-9)20(18,19)14-8-10(15)7-12(14)13(16)17/h3-6,10,12,15H,2,7-8H2,1H3,(H,16,17)/t10?,12-/m0/s1. The maximum absolute atomic E-state index is 12.4. The fourth-order valence-corrected chi connectivity index (χ4v) is 3.94. The Morgan fingerprint density at radius 2 is 1.95 bits per heavy atom. The highest BCUT2D eigenvalue weighted by atomic mass is 32.2. The summed E-state index contributed by atoms with van der Waals surface area (Å²) in [7, 11) is -3.90. The van der Waals surface area contributed by atoms with Crippen molar-refractivity contribution in [1.29, 1.82) is 0 Å². The molecule has 0 amide bonds. The Hall–Kier alpha value is -1.44. The van der Waals surface area contributed by atoms with Gasteiger partial charge in [-0.15, -0.1) is 0 Å². The van der Waals surface area contributed by atoms with Crippen molar-refractivity contribution < 1.29 is 23.4 Å². The number of benzene rings is 1. The number of nitrogens with zero attached hydrogens (tertiary/aromatic N) is 1. The van der Waals surface area contributed by atoms with Gasteiger partial charge in [-0.1, -0.05) is 19.1 Å². The van der Waals surface area contributed by atoms with E-state index in [1.54, 1.807) is 12.1 Å². The molecule has 1 saturated heterocycles. The Bertz CT molecular complexity index is 596. The number of aryl methyl sites for hydroxylation is 1. The smallest absolute Gasteiger partial charge is 0.322 e. The Morgan fingerprint density at radius 1 is 1.35 bits per heavy atom. The lowest BCUT2D eigenvalue weighted by atomic mass is 10.2. The lowest BCUT2D eigenvalue weighted by Crippen LogP contribution is -2.40. The van der Waals surface area contributed by atoms with Gasteiger partial charge in [-0.2, -0.15) is 4.31 Å². The molecule has 1 aliphatic heterocycles. The van der Waals surface area contributed by atoms with Crippen molar-refractivity contribution in [3.8, 4) is 0 Å². The summed E-state index contributed by atoms with van der Waals surface area (Å²) >= 11 is 0. The van der Waals surface area contributed by atoms with E-state index in [9.17, 15) is 18.3 Å². The molecule has 1 fully saturated rings. The average molecular weight is 299 g/mol. The van der Waals surface area contributed by atoms with Crippen molar-refractivity contribution in [1.82, 2.24) is 4.31 Å². The Balaban J connectivity index is 2.35. The first-order valence-corrected chi connectivity index (χ1v) is 7.82. The third-order valence-electron chi connectivity index (χ3n) is 3.46. The fourth-order valence-electron chi connectivity index (χ4n) is 2.31. The first kappa shape index (κ1) is 15.0. The molecule has 110 valence electrons. The number of aliphatic hydroxyl groups excluding tert-OH is 1. The largest absolute Gasteiger partial charge is 0.480 e. The molecule has 1 aromatic carbocycles. The average Bonchev–Trinajstić information content (AvgIpc) is 2.82. The zero-order valence-electron chi connectivity index (χ0n) is 11.1. The summed E-state index contributed by atoms with van der Waals surface area (Å²) < 4.78 is 25.8. The van der Waals surface area contributed by atoms with Crippen LogP contribution in [0.15, 0.2) is 29.2 Å². The minimum atomic E-state index is -3.90. The second-order valence-corrected chi connectivity index (χ2v) is 6.71. The summed E-state index contributed by atoms with van der Waals surface area (Å²) in [6.45, 7) is 1.77. The number of aliphatic hydroxyl groups is 1. The van der Waals surface area contributed by atoms with Crippen LogP contribution >= 0.6 is 0 Å². The summed E-state index contributed by atoms with van der Waals surface area (Å²) in [4.78, 5) is 11.2. The van der Waals surface area contributed by atoms with Gasteiger partial charge in [0, 0.05) is 13.0 Å². The maximum atomic E-state index is 12.4. The summed E-state index contributed by atoms with van der Waals surface area (Å²) in [5.74, 6) is -1.24. The molecule has 2 atom stereocenters. The van der Waals surface area contributed by atoms with Gasteiger partial charge < -0.3 is 10.2 Å². The van der Waals surface area contributed by atoms with Crippen molar-refractivity contribution >= 4 is 16.0 Å². The van der Waals surface area contributed by atoms with E-state index in [0.717, 1.165) is 16.3 Å². The van der Waals surface area contributed by atoms with Gasteiger partial charge in [0.15, 0.2) is 0 Å². The zero-order valence-corrected chi connectivity index (χ0v) is 11.9. The van der Waals surface area contributed by atoms with Gasteiger partial charge in [-0.3, -0.25) is 4.79 Å². The normalized spacial score (nSPS) is 23.9. The van der Waals surface area contributed by atoms with Crippen LogP contribution in [0.3, 0.4) is 0 Å². The van der Waals surface area contributed by atoms with Crippen LogP contribution in [-0.4, -0.2) is 47.6 Å². The highest BCUT2D eigenvalue weighted by molar-refractivity contribution is 7.89. The number of carboxylic acid groups (broad SMARTS) is 1.